The molecule has 0 N–H and O–H groups in total. The quantitative estimate of drug-likeness (QED) is 0.0756. The number of benzene rings is 16. The lowest BCUT2D eigenvalue weighted by atomic mass is 9.67. The van der Waals surface area contributed by atoms with Gasteiger partial charge in [0, 0.05) is 45.0 Å². The molecule has 3 nitrogen and oxygen atoms in total. The van der Waals surface area contributed by atoms with E-state index in [1.807, 2.05) is 0 Å². The van der Waals surface area contributed by atoms with Gasteiger partial charge in [-0.15, -0.1) is 0 Å². The molecule has 20 rings (SSSR count). The van der Waals surface area contributed by atoms with Crippen molar-refractivity contribution in [3.05, 3.63) is 448 Å². The van der Waals surface area contributed by atoms with Crippen LogP contribution in [0.15, 0.2) is 376 Å². The predicted octanol–water partition coefficient (Wildman–Crippen LogP) is 29.6. The first-order valence-electron chi connectivity index (χ1n) is 41.2. The number of hydrogen-bond acceptors (Lipinski definition) is 3. The second-order valence-corrected chi connectivity index (χ2v) is 33.4. The molecular formula is C112H92N2O. The number of rotatable bonds is 20. The van der Waals surface area contributed by atoms with E-state index in [0.29, 0.717) is 18.4 Å². The van der Waals surface area contributed by atoms with Crippen molar-refractivity contribution < 1.29 is 4.74 Å². The smallest absolute Gasteiger partial charge is 0.119 e. The van der Waals surface area contributed by atoms with E-state index in [-0.39, 0.29) is 10.8 Å². The Morgan fingerprint density at radius 1 is 0.296 bits per heavy atom. The summed E-state index contributed by atoms with van der Waals surface area (Å²) in [6.45, 7) is 14.7. The number of anilines is 6. The number of ether oxygens (including phenoxy) is 1. The number of hydrogen-bond donors (Lipinski definition) is 0. The van der Waals surface area contributed by atoms with Crippen molar-refractivity contribution in [1.82, 2.24) is 0 Å². The SMILES string of the molecule is CCC(CC(C)c1ccc(-c2ccc3c(c2)CC3)cc1)c1ccc(COc2ccc(C3(c4ccccc4)c4cc(-c5ccc(N(c6ccc(-c7ccccc7)cc6)c6ccc7c(c6)C(C)(C)c6ccccc6-7)cc5)ccc4-c4ccc(N(c5ccc(-c6ccccc6)cc5)c5ccc6c(c5)C(C)(C)c5ccccc5-6)cc43)cc2)cc1. The van der Waals surface area contributed by atoms with Gasteiger partial charge in [-0.2, -0.15) is 0 Å². The average Bonchev–Trinajstić information content (AvgIpc) is 1.53. The van der Waals surface area contributed by atoms with Gasteiger partial charge in [-0.05, 0) is 279 Å². The van der Waals surface area contributed by atoms with Gasteiger partial charge < -0.3 is 14.5 Å². The average molecular weight is 1480 g/mol. The second kappa shape index (κ2) is 28.8. The molecule has 0 spiro atoms. The van der Waals surface area contributed by atoms with Crippen molar-refractivity contribution in [2.24, 2.45) is 0 Å². The molecule has 0 heterocycles. The van der Waals surface area contributed by atoms with Crippen LogP contribution >= 0.6 is 0 Å². The molecule has 4 aliphatic rings. The molecule has 3 atom stereocenters. The van der Waals surface area contributed by atoms with E-state index in [0.717, 1.165) is 75.0 Å². The highest BCUT2D eigenvalue weighted by Crippen LogP contribution is 2.60. The molecule has 3 heteroatoms. The van der Waals surface area contributed by atoms with Crippen molar-refractivity contribution >= 4 is 34.1 Å². The lowest BCUT2D eigenvalue weighted by Crippen LogP contribution is -2.29. The van der Waals surface area contributed by atoms with Gasteiger partial charge in [-0.1, -0.05) is 327 Å². The molecular weight excluding hydrogens is 1390 g/mol. The lowest BCUT2D eigenvalue weighted by molar-refractivity contribution is 0.306. The summed E-state index contributed by atoms with van der Waals surface area (Å²) in [5, 5.41) is 0. The van der Waals surface area contributed by atoms with Crippen molar-refractivity contribution in [3.63, 3.8) is 0 Å². The summed E-state index contributed by atoms with van der Waals surface area (Å²) in [6, 6.07) is 142. The van der Waals surface area contributed by atoms with Crippen LogP contribution in [0.3, 0.4) is 0 Å². The maximum Gasteiger partial charge on any atom is 0.119 e. The fourth-order valence-electron chi connectivity index (χ4n) is 19.7. The number of nitrogens with zero attached hydrogens (tertiary/aromatic N) is 2. The largest absolute Gasteiger partial charge is 0.489 e. The van der Waals surface area contributed by atoms with Gasteiger partial charge in [0.1, 0.15) is 12.4 Å². The topological polar surface area (TPSA) is 15.7 Å². The molecule has 0 aromatic heterocycles. The molecule has 0 radical (unpaired) electrons. The Morgan fingerprint density at radius 3 is 1.16 bits per heavy atom. The summed E-state index contributed by atoms with van der Waals surface area (Å²) in [6.07, 6.45) is 4.58. The van der Waals surface area contributed by atoms with E-state index in [1.165, 1.54) is 141 Å². The van der Waals surface area contributed by atoms with Crippen molar-refractivity contribution in [3.8, 4) is 83.6 Å². The van der Waals surface area contributed by atoms with Gasteiger partial charge >= 0.3 is 0 Å². The normalized spacial score (nSPS) is 15.2. The molecule has 0 amide bonds. The molecule has 3 unspecified atom stereocenters. The lowest BCUT2D eigenvalue weighted by Gasteiger charge is -2.35. The Morgan fingerprint density at radius 2 is 0.661 bits per heavy atom. The summed E-state index contributed by atoms with van der Waals surface area (Å²) in [7, 11) is 0. The van der Waals surface area contributed by atoms with E-state index in [4.69, 9.17) is 4.74 Å². The third-order valence-electron chi connectivity index (χ3n) is 26.1. The van der Waals surface area contributed by atoms with Crippen LogP contribution in [0.4, 0.5) is 34.1 Å². The Bertz CT molecular complexity index is 6320. The minimum atomic E-state index is -0.792. The first kappa shape index (κ1) is 71.0. The predicted molar refractivity (Wildman–Crippen MR) is 481 cm³/mol. The molecule has 115 heavy (non-hydrogen) atoms. The third kappa shape index (κ3) is 12.4. The summed E-state index contributed by atoms with van der Waals surface area (Å²) >= 11 is 0. The summed E-state index contributed by atoms with van der Waals surface area (Å²) in [5.41, 5.74) is 39.8. The molecule has 0 fully saturated rings. The van der Waals surface area contributed by atoms with Crippen molar-refractivity contribution in [1.29, 1.82) is 0 Å². The highest BCUT2D eigenvalue weighted by molar-refractivity contribution is 5.94. The number of aryl methyl sites for hydroxylation is 2. The fraction of sp³-hybridized carbons (Fsp3) is 0.143. The van der Waals surface area contributed by atoms with E-state index in [2.05, 4.69) is 427 Å². The van der Waals surface area contributed by atoms with Gasteiger partial charge in [-0.25, -0.2) is 0 Å². The zero-order valence-corrected chi connectivity index (χ0v) is 66.3. The molecule has 0 saturated carbocycles. The minimum absolute atomic E-state index is 0.166. The molecule has 16 aromatic rings. The summed E-state index contributed by atoms with van der Waals surface area (Å²) < 4.78 is 6.86. The van der Waals surface area contributed by atoms with Crippen LogP contribution in [0.2, 0.25) is 0 Å². The van der Waals surface area contributed by atoms with Gasteiger partial charge in [0.2, 0.25) is 0 Å². The van der Waals surface area contributed by atoms with E-state index in [9.17, 15) is 0 Å². The minimum Gasteiger partial charge on any atom is -0.489 e. The Kier molecular flexibility index (Phi) is 17.8. The van der Waals surface area contributed by atoms with Gasteiger partial charge in [-0.3, -0.25) is 0 Å². The Balaban J connectivity index is 0.672. The Hall–Kier alpha value is -13.1. The fourth-order valence-corrected chi connectivity index (χ4v) is 19.7. The summed E-state index contributed by atoms with van der Waals surface area (Å²) in [5.74, 6) is 1.70. The van der Waals surface area contributed by atoms with Crippen LogP contribution in [0.25, 0.3) is 77.9 Å². The summed E-state index contributed by atoms with van der Waals surface area (Å²) in [4.78, 5) is 4.92. The van der Waals surface area contributed by atoms with Crippen molar-refractivity contribution in [2.45, 2.75) is 102 Å². The van der Waals surface area contributed by atoms with Gasteiger partial charge in [0.25, 0.3) is 0 Å². The zero-order valence-electron chi connectivity index (χ0n) is 66.3. The molecule has 0 bridgehead atoms. The van der Waals surface area contributed by atoms with Gasteiger partial charge in [0.15, 0.2) is 0 Å². The Labute approximate surface area is 678 Å². The monoisotopic (exact) mass is 1480 g/mol. The van der Waals surface area contributed by atoms with E-state index >= 15 is 0 Å². The van der Waals surface area contributed by atoms with Gasteiger partial charge in [0.05, 0.1) is 5.41 Å². The third-order valence-corrected chi connectivity index (χ3v) is 26.1. The first-order chi connectivity index (χ1) is 56.3. The molecule has 4 aliphatic carbocycles. The molecule has 0 saturated heterocycles. The van der Waals surface area contributed by atoms with Crippen molar-refractivity contribution in [2.75, 3.05) is 9.80 Å². The zero-order chi connectivity index (χ0) is 77.5. The van der Waals surface area contributed by atoms with Crippen LogP contribution in [0.5, 0.6) is 5.75 Å². The maximum absolute atomic E-state index is 6.86. The highest BCUT2D eigenvalue weighted by atomic mass is 16.5. The molecule has 16 aromatic carbocycles. The van der Waals surface area contributed by atoms with Crippen LogP contribution in [-0.4, -0.2) is 0 Å². The maximum atomic E-state index is 6.86. The van der Waals surface area contributed by atoms with E-state index < -0.39 is 5.41 Å². The van der Waals surface area contributed by atoms with Crippen LogP contribution in [0.1, 0.15) is 139 Å². The van der Waals surface area contributed by atoms with Crippen LogP contribution in [0, 0.1) is 0 Å². The first-order valence-corrected chi connectivity index (χ1v) is 41.2. The molecule has 0 aliphatic heterocycles. The second-order valence-electron chi connectivity index (χ2n) is 33.4. The van der Waals surface area contributed by atoms with E-state index in [1.54, 1.807) is 0 Å². The van der Waals surface area contributed by atoms with Crippen LogP contribution < -0.4 is 14.5 Å². The number of fused-ring (bicyclic) bond motifs is 10. The highest BCUT2D eigenvalue weighted by Gasteiger charge is 2.47. The standard InChI is InChI=1S/C112H92N2O/c1-7-76(67-74(2)77-35-37-83(38-36-77)86-41-39-84-40-42-87(84)68-86)80-33-31-75(32-34-80)73-115-97-61-50-90(51-62-97)112(89-25-15-10-16-26-89)108-69-88(85-47-56-92(57-48-85)113(91-52-43-81(44-53-91)78-21-11-8-12-22-78)94-58-64-100-98-27-17-19-29-104(98)110(3,4)106(100)70-94)49-63-102(108)103-66-60-96(72-109(103)112)114(93-54-45-82(46-55-93)79-23-13-9-14-24-79)95-59-65-101-99-28-18-20-30-105(99)111(5,6)107(101)71-95/h8-39,41,43-66,68-72,74,76H,7,40,42,67,73H2,1-6H3. The van der Waals surface area contributed by atoms with Crippen LogP contribution in [-0.2, 0) is 35.7 Å². The molecule has 556 valence electrons.